The Morgan fingerprint density at radius 3 is 2.45 bits per heavy atom. The van der Waals surface area contributed by atoms with Gasteiger partial charge >= 0.3 is 0 Å². The lowest BCUT2D eigenvalue weighted by atomic mass is 10.2. The summed E-state index contributed by atoms with van der Waals surface area (Å²) in [5, 5.41) is 0. The van der Waals surface area contributed by atoms with E-state index in [4.69, 9.17) is 0 Å². The second kappa shape index (κ2) is 8.45. The molecule has 0 aliphatic heterocycles. The van der Waals surface area contributed by atoms with Gasteiger partial charge in [0.2, 0.25) is 0 Å². The molecule has 0 saturated carbocycles. The van der Waals surface area contributed by atoms with E-state index < -0.39 is 0 Å². The Hall–Kier alpha value is 0.350. The van der Waals surface area contributed by atoms with Gasteiger partial charge in [-0.3, -0.25) is 0 Å². The van der Waals surface area contributed by atoms with Gasteiger partial charge in [-0.05, 0) is 23.8 Å². The van der Waals surface area contributed by atoms with Crippen LogP contribution in [-0.4, -0.2) is 11.5 Å². The molecule has 0 heterocycles. The molecule has 0 aromatic carbocycles. The quantitative estimate of drug-likeness (QED) is 0.528. The second-order valence-corrected chi connectivity index (χ2v) is 4.53. The first-order chi connectivity index (χ1) is 5.27. The number of unbranched alkanes of at least 4 members (excludes halogenated alkanes) is 3. The summed E-state index contributed by atoms with van der Waals surface area (Å²) in [6.07, 6.45) is 5.17. The zero-order chi connectivity index (χ0) is 8.53. The van der Waals surface area contributed by atoms with Crippen LogP contribution in [0.25, 0.3) is 0 Å². The van der Waals surface area contributed by atoms with E-state index in [1.165, 1.54) is 30.8 Å². The Labute approximate surface area is 76.1 Å². The summed E-state index contributed by atoms with van der Waals surface area (Å²) in [6, 6.07) is 0. The van der Waals surface area contributed by atoms with Gasteiger partial charge in [-0.15, -0.1) is 0 Å². The van der Waals surface area contributed by atoms with Crippen molar-refractivity contribution in [2.75, 3.05) is 11.5 Å². The van der Waals surface area contributed by atoms with Crippen molar-refractivity contribution in [1.29, 1.82) is 0 Å². The number of thioether (sulfide) groups is 1. The number of hydrogen-bond donors (Lipinski definition) is 0. The lowest BCUT2D eigenvalue weighted by Crippen LogP contribution is -1.92. The zero-order valence-electron chi connectivity index (χ0n) is 7.94. The van der Waals surface area contributed by atoms with Crippen LogP contribution in [0, 0.1) is 12.8 Å². The van der Waals surface area contributed by atoms with Gasteiger partial charge in [-0.2, -0.15) is 11.8 Å². The molecule has 1 radical (unpaired) electrons. The van der Waals surface area contributed by atoms with Crippen LogP contribution in [0.2, 0.25) is 0 Å². The predicted molar refractivity (Wildman–Crippen MR) is 56.0 cm³/mol. The van der Waals surface area contributed by atoms with Crippen molar-refractivity contribution < 1.29 is 0 Å². The highest BCUT2D eigenvalue weighted by atomic mass is 32.2. The predicted octanol–water partition coefficient (Wildman–Crippen LogP) is 3.77. The van der Waals surface area contributed by atoms with Gasteiger partial charge in [0.1, 0.15) is 0 Å². The highest BCUT2D eigenvalue weighted by molar-refractivity contribution is 7.99. The third-order valence-electron chi connectivity index (χ3n) is 1.49. The standard InChI is InChI=1S/C10H21S/c1-4-5-6-7-8-11-9-10(2)3/h10H,1,4-9H2,2-3H3. The summed E-state index contributed by atoms with van der Waals surface area (Å²) in [5.74, 6) is 3.52. The molecule has 0 fully saturated rings. The third-order valence-corrected chi connectivity index (χ3v) is 2.97. The van der Waals surface area contributed by atoms with Crippen LogP contribution >= 0.6 is 11.8 Å². The van der Waals surface area contributed by atoms with Crippen LogP contribution in [0.4, 0.5) is 0 Å². The van der Waals surface area contributed by atoms with E-state index in [1.54, 1.807) is 0 Å². The van der Waals surface area contributed by atoms with Crippen molar-refractivity contribution in [3.05, 3.63) is 6.92 Å². The van der Waals surface area contributed by atoms with Crippen LogP contribution in [-0.2, 0) is 0 Å². The van der Waals surface area contributed by atoms with Crippen molar-refractivity contribution in [2.24, 2.45) is 5.92 Å². The molecule has 0 unspecified atom stereocenters. The smallest absolute Gasteiger partial charge is 0.00444 e. The van der Waals surface area contributed by atoms with Crippen molar-refractivity contribution in [3.8, 4) is 0 Å². The van der Waals surface area contributed by atoms with Crippen LogP contribution in [0.5, 0.6) is 0 Å². The maximum absolute atomic E-state index is 3.82. The molecule has 1 heteroatoms. The molecule has 0 rings (SSSR count). The van der Waals surface area contributed by atoms with E-state index >= 15 is 0 Å². The SMILES string of the molecule is [CH2]CCCCCSCC(C)C. The van der Waals surface area contributed by atoms with Gasteiger partial charge in [-0.1, -0.05) is 40.0 Å². The van der Waals surface area contributed by atoms with Gasteiger partial charge < -0.3 is 0 Å². The molecule has 0 aromatic heterocycles. The fourth-order valence-electron chi connectivity index (χ4n) is 0.877. The third kappa shape index (κ3) is 10.4. The van der Waals surface area contributed by atoms with Crippen LogP contribution in [0.1, 0.15) is 39.5 Å². The highest BCUT2D eigenvalue weighted by Crippen LogP contribution is 2.10. The molecule has 67 valence electrons. The molecule has 0 nitrogen and oxygen atoms in total. The Kier molecular flexibility index (Phi) is 8.72. The van der Waals surface area contributed by atoms with Crippen molar-refractivity contribution in [3.63, 3.8) is 0 Å². The molecule has 0 aliphatic rings. The van der Waals surface area contributed by atoms with E-state index in [-0.39, 0.29) is 0 Å². The van der Waals surface area contributed by atoms with Crippen molar-refractivity contribution >= 4 is 11.8 Å². The largest absolute Gasteiger partial charge is 0.162 e. The Morgan fingerprint density at radius 1 is 1.18 bits per heavy atom. The monoisotopic (exact) mass is 173 g/mol. The summed E-state index contributed by atoms with van der Waals surface area (Å²) in [7, 11) is 0. The van der Waals surface area contributed by atoms with Gasteiger partial charge in [0, 0.05) is 0 Å². The molecule has 0 aliphatic carbocycles. The summed E-state index contributed by atoms with van der Waals surface area (Å²) in [4.78, 5) is 0. The minimum absolute atomic E-state index is 0.854. The van der Waals surface area contributed by atoms with E-state index in [0.717, 1.165) is 12.3 Å². The lowest BCUT2D eigenvalue weighted by molar-refractivity contribution is 0.726. The first-order valence-corrected chi connectivity index (χ1v) is 5.79. The normalized spacial score (nSPS) is 10.9. The molecule has 0 spiro atoms. The van der Waals surface area contributed by atoms with E-state index in [2.05, 4.69) is 32.5 Å². The number of hydrogen-bond acceptors (Lipinski definition) is 1. The lowest BCUT2D eigenvalue weighted by Gasteiger charge is -2.03. The molecule has 0 bridgehead atoms. The first-order valence-electron chi connectivity index (χ1n) is 4.64. The Balaban J connectivity index is 2.80. The Morgan fingerprint density at radius 2 is 1.91 bits per heavy atom. The minimum atomic E-state index is 0.854. The first kappa shape index (κ1) is 11.4. The van der Waals surface area contributed by atoms with Crippen molar-refractivity contribution in [1.82, 2.24) is 0 Å². The number of rotatable bonds is 7. The molecular formula is C10H21S. The summed E-state index contributed by atoms with van der Waals surface area (Å²) in [5.41, 5.74) is 0. The van der Waals surface area contributed by atoms with Gasteiger partial charge in [-0.25, -0.2) is 0 Å². The van der Waals surface area contributed by atoms with Gasteiger partial charge in [0.05, 0.1) is 0 Å². The molecule has 0 saturated heterocycles. The molecule has 11 heavy (non-hydrogen) atoms. The molecule has 0 N–H and O–H groups in total. The van der Waals surface area contributed by atoms with Crippen LogP contribution in [0.3, 0.4) is 0 Å². The summed E-state index contributed by atoms with van der Waals surface area (Å²) < 4.78 is 0. The topological polar surface area (TPSA) is 0 Å². The maximum atomic E-state index is 3.82. The van der Waals surface area contributed by atoms with E-state index in [9.17, 15) is 0 Å². The fraction of sp³-hybridized carbons (Fsp3) is 0.900. The molecule has 0 amide bonds. The molecule has 0 aromatic rings. The summed E-state index contributed by atoms with van der Waals surface area (Å²) in [6.45, 7) is 8.39. The minimum Gasteiger partial charge on any atom is -0.162 e. The fourth-order valence-corrected chi connectivity index (χ4v) is 1.92. The molecular weight excluding hydrogens is 152 g/mol. The van der Waals surface area contributed by atoms with E-state index in [0.29, 0.717) is 0 Å². The average Bonchev–Trinajstić information content (AvgIpc) is 1.96. The van der Waals surface area contributed by atoms with Gasteiger partial charge in [0.15, 0.2) is 0 Å². The Bertz CT molecular complexity index is 69.3. The second-order valence-electron chi connectivity index (χ2n) is 3.38. The van der Waals surface area contributed by atoms with E-state index in [1.807, 2.05) is 0 Å². The zero-order valence-corrected chi connectivity index (χ0v) is 8.75. The van der Waals surface area contributed by atoms with Crippen molar-refractivity contribution in [2.45, 2.75) is 39.5 Å². The maximum Gasteiger partial charge on any atom is -0.00444 e. The average molecular weight is 173 g/mol. The van der Waals surface area contributed by atoms with Crippen LogP contribution < -0.4 is 0 Å². The molecule has 0 atom stereocenters. The van der Waals surface area contributed by atoms with Crippen LogP contribution in [0.15, 0.2) is 0 Å². The highest BCUT2D eigenvalue weighted by Gasteiger charge is 1.93. The van der Waals surface area contributed by atoms with Gasteiger partial charge in [0.25, 0.3) is 0 Å². The summed E-state index contributed by atoms with van der Waals surface area (Å²) >= 11 is 2.09.